The highest BCUT2D eigenvalue weighted by atomic mass is 127. The molecule has 1 unspecified atom stereocenters. The second kappa shape index (κ2) is 10.9. The zero-order valence-corrected chi connectivity index (χ0v) is 20.0. The van der Waals surface area contributed by atoms with Crippen molar-refractivity contribution >= 4 is 41.5 Å². The van der Waals surface area contributed by atoms with E-state index in [1.54, 1.807) is 20.1 Å². The fraction of sp³-hybridized carbons (Fsp3) is 0.450. The third kappa shape index (κ3) is 6.56. The Morgan fingerprint density at radius 3 is 2.57 bits per heavy atom. The van der Waals surface area contributed by atoms with Crippen molar-refractivity contribution in [3.8, 4) is 5.75 Å². The van der Waals surface area contributed by atoms with Gasteiger partial charge in [-0.05, 0) is 45.9 Å². The summed E-state index contributed by atoms with van der Waals surface area (Å²) in [5.74, 6) is 2.79. The van der Waals surface area contributed by atoms with E-state index in [4.69, 9.17) is 20.8 Å². The Kier molecular flexibility index (Phi) is 9.59. The maximum atomic E-state index is 10.9. The fourth-order valence-electron chi connectivity index (χ4n) is 2.87. The van der Waals surface area contributed by atoms with Crippen molar-refractivity contribution in [1.82, 2.24) is 10.6 Å². The highest BCUT2D eigenvalue weighted by molar-refractivity contribution is 14.0. The number of aliphatic imine (C=N–C) groups is 1. The van der Waals surface area contributed by atoms with Crippen LogP contribution in [0.5, 0.6) is 5.75 Å². The van der Waals surface area contributed by atoms with E-state index in [9.17, 15) is 5.11 Å². The van der Waals surface area contributed by atoms with Crippen LogP contribution in [0, 0.1) is 13.8 Å². The summed E-state index contributed by atoms with van der Waals surface area (Å²) in [4.78, 5) is 4.58. The predicted molar refractivity (Wildman–Crippen MR) is 124 cm³/mol. The van der Waals surface area contributed by atoms with E-state index >= 15 is 0 Å². The van der Waals surface area contributed by atoms with Crippen LogP contribution in [0.1, 0.15) is 36.5 Å². The minimum atomic E-state index is -1.09. The number of benzene rings is 1. The van der Waals surface area contributed by atoms with Crippen LogP contribution in [0.4, 0.5) is 0 Å². The number of ether oxygens (including phenoxy) is 1. The number of furan rings is 1. The first kappa shape index (κ1) is 24.6. The minimum Gasteiger partial charge on any atom is -0.496 e. The van der Waals surface area contributed by atoms with Crippen LogP contribution >= 0.6 is 35.6 Å². The molecule has 2 rings (SSSR count). The predicted octanol–water partition coefficient (Wildman–Crippen LogP) is 4.14. The molecule has 6 nitrogen and oxygen atoms in total. The standard InChI is InChI=1S/C20H28ClN3O3.HI/c1-6-22-19(23-11-15-7-8-16(21)10-18(15)26-5)24-12-20(4,25)17-9-13(2)27-14(17)3;/h7-10,25H,6,11-12H2,1-5H3,(H2,22,23,24);1H. The van der Waals surface area contributed by atoms with Gasteiger partial charge in [0.2, 0.25) is 0 Å². The number of guanidine groups is 1. The van der Waals surface area contributed by atoms with Crippen LogP contribution in [0.2, 0.25) is 5.02 Å². The number of nitrogens with zero attached hydrogens (tertiary/aromatic N) is 1. The molecule has 0 saturated heterocycles. The summed E-state index contributed by atoms with van der Waals surface area (Å²) in [5.41, 5.74) is 0.602. The number of methoxy groups -OCH3 is 1. The molecule has 156 valence electrons. The van der Waals surface area contributed by atoms with Crippen molar-refractivity contribution in [2.75, 3.05) is 20.2 Å². The summed E-state index contributed by atoms with van der Waals surface area (Å²) in [6.07, 6.45) is 0. The molecule has 0 fully saturated rings. The lowest BCUT2D eigenvalue weighted by Gasteiger charge is -2.24. The van der Waals surface area contributed by atoms with Gasteiger partial charge in [-0.1, -0.05) is 17.7 Å². The van der Waals surface area contributed by atoms with Crippen molar-refractivity contribution < 1.29 is 14.3 Å². The first-order valence-corrected chi connectivity index (χ1v) is 9.29. The van der Waals surface area contributed by atoms with Gasteiger partial charge in [-0.2, -0.15) is 0 Å². The Balaban J connectivity index is 0.00000392. The highest BCUT2D eigenvalue weighted by Crippen LogP contribution is 2.26. The molecule has 3 N–H and O–H groups in total. The van der Waals surface area contributed by atoms with E-state index in [0.717, 1.165) is 16.9 Å². The largest absolute Gasteiger partial charge is 0.496 e. The van der Waals surface area contributed by atoms with Crippen LogP contribution in [0.15, 0.2) is 33.7 Å². The Bertz CT molecular complexity index is 806. The third-order valence-electron chi connectivity index (χ3n) is 4.22. The van der Waals surface area contributed by atoms with Gasteiger partial charge in [0.25, 0.3) is 0 Å². The molecule has 1 aromatic heterocycles. The number of nitrogens with one attached hydrogen (secondary N) is 2. The molecule has 0 saturated carbocycles. The third-order valence-corrected chi connectivity index (χ3v) is 4.46. The molecular formula is C20H29ClIN3O3. The van der Waals surface area contributed by atoms with Gasteiger partial charge in [-0.15, -0.1) is 24.0 Å². The van der Waals surface area contributed by atoms with Crippen molar-refractivity contribution in [1.29, 1.82) is 0 Å². The average Bonchev–Trinajstić information content (AvgIpc) is 2.97. The first-order valence-electron chi connectivity index (χ1n) is 8.91. The minimum absolute atomic E-state index is 0. The van der Waals surface area contributed by atoms with Gasteiger partial charge in [0.1, 0.15) is 22.9 Å². The van der Waals surface area contributed by atoms with Crippen LogP contribution in [-0.2, 0) is 12.1 Å². The molecule has 1 aromatic carbocycles. The number of rotatable bonds is 7. The molecule has 1 atom stereocenters. The van der Waals surface area contributed by atoms with Crippen molar-refractivity contribution in [2.45, 2.75) is 39.8 Å². The summed E-state index contributed by atoms with van der Waals surface area (Å²) >= 11 is 6.00. The molecule has 0 aliphatic heterocycles. The lowest BCUT2D eigenvalue weighted by molar-refractivity contribution is 0.0601. The smallest absolute Gasteiger partial charge is 0.191 e. The zero-order chi connectivity index (χ0) is 20.0. The second-order valence-corrected chi connectivity index (χ2v) is 7.04. The lowest BCUT2D eigenvalue weighted by atomic mass is 9.96. The van der Waals surface area contributed by atoms with Crippen LogP contribution in [0.25, 0.3) is 0 Å². The average molecular weight is 522 g/mol. The SMILES string of the molecule is CCNC(=NCc1ccc(Cl)cc1OC)NCC(C)(O)c1cc(C)oc1C.I. The maximum absolute atomic E-state index is 10.9. The number of hydrogen-bond acceptors (Lipinski definition) is 4. The van der Waals surface area contributed by atoms with Gasteiger partial charge < -0.3 is 24.9 Å². The van der Waals surface area contributed by atoms with E-state index in [1.165, 1.54) is 0 Å². The molecule has 8 heteroatoms. The van der Waals surface area contributed by atoms with Crippen molar-refractivity contribution in [2.24, 2.45) is 4.99 Å². The lowest BCUT2D eigenvalue weighted by Crippen LogP contribution is -2.44. The van der Waals surface area contributed by atoms with Crippen molar-refractivity contribution in [3.05, 3.63) is 51.9 Å². The zero-order valence-electron chi connectivity index (χ0n) is 16.9. The fourth-order valence-corrected chi connectivity index (χ4v) is 3.03. The molecule has 0 amide bonds. The summed E-state index contributed by atoms with van der Waals surface area (Å²) in [5, 5.41) is 17.9. The Labute approximate surface area is 188 Å². The van der Waals surface area contributed by atoms with Crippen LogP contribution in [-0.4, -0.2) is 31.3 Å². The topological polar surface area (TPSA) is 79.0 Å². The van der Waals surface area contributed by atoms with Gasteiger partial charge in [0.05, 0.1) is 20.2 Å². The Morgan fingerprint density at radius 2 is 2.00 bits per heavy atom. The Hall–Kier alpha value is -1.45. The number of aliphatic hydroxyl groups is 1. The summed E-state index contributed by atoms with van der Waals surface area (Å²) in [7, 11) is 1.61. The molecular weight excluding hydrogens is 493 g/mol. The van der Waals surface area contributed by atoms with Gasteiger partial charge in [0.15, 0.2) is 5.96 Å². The van der Waals surface area contributed by atoms with E-state index < -0.39 is 5.60 Å². The van der Waals surface area contributed by atoms with Crippen LogP contribution < -0.4 is 15.4 Å². The van der Waals surface area contributed by atoms with Crippen molar-refractivity contribution in [3.63, 3.8) is 0 Å². The first-order chi connectivity index (χ1) is 12.8. The van der Waals surface area contributed by atoms with E-state index in [0.29, 0.717) is 35.6 Å². The summed E-state index contributed by atoms with van der Waals surface area (Å²) in [6.45, 7) is 8.87. The summed E-state index contributed by atoms with van der Waals surface area (Å²) in [6, 6.07) is 7.33. The van der Waals surface area contributed by atoms with E-state index in [2.05, 4.69) is 15.6 Å². The maximum Gasteiger partial charge on any atom is 0.191 e. The Morgan fingerprint density at radius 1 is 1.29 bits per heavy atom. The van der Waals surface area contributed by atoms with Gasteiger partial charge in [-0.3, -0.25) is 0 Å². The van der Waals surface area contributed by atoms with Gasteiger partial charge >= 0.3 is 0 Å². The quantitative estimate of drug-likeness (QED) is 0.290. The molecule has 0 aliphatic carbocycles. The van der Waals surface area contributed by atoms with E-state index in [1.807, 2.05) is 39.0 Å². The van der Waals surface area contributed by atoms with Gasteiger partial charge in [0, 0.05) is 22.7 Å². The number of halogens is 2. The normalized spacial score (nSPS) is 13.5. The molecule has 0 spiro atoms. The van der Waals surface area contributed by atoms with E-state index in [-0.39, 0.29) is 30.5 Å². The second-order valence-electron chi connectivity index (χ2n) is 6.61. The van der Waals surface area contributed by atoms with Gasteiger partial charge in [-0.25, -0.2) is 4.99 Å². The molecule has 0 bridgehead atoms. The molecule has 1 heterocycles. The number of hydrogen-bond donors (Lipinski definition) is 3. The monoisotopic (exact) mass is 521 g/mol. The molecule has 28 heavy (non-hydrogen) atoms. The van der Waals surface area contributed by atoms with Crippen LogP contribution in [0.3, 0.4) is 0 Å². The molecule has 0 radical (unpaired) electrons. The highest BCUT2D eigenvalue weighted by Gasteiger charge is 2.27. The molecule has 2 aromatic rings. The number of aryl methyl sites for hydroxylation is 2. The summed E-state index contributed by atoms with van der Waals surface area (Å²) < 4.78 is 10.9. The molecule has 0 aliphatic rings.